The van der Waals surface area contributed by atoms with E-state index in [4.69, 9.17) is 4.98 Å². The van der Waals surface area contributed by atoms with E-state index in [-0.39, 0.29) is 0 Å². The third-order valence-corrected chi connectivity index (χ3v) is 4.69. The first-order valence-electron chi connectivity index (χ1n) is 7.96. The standard InChI is InChI=1S/C16H26N4/c1-11-14(17-2)18-15(13-8-9-13)19-16(11)20(3)10-12-6-4-5-7-12/h12-13H,4-10H2,1-3H3,(H,17,18,19). The zero-order valence-electron chi connectivity index (χ0n) is 12.9. The van der Waals surface area contributed by atoms with Crippen molar-refractivity contribution in [1.29, 1.82) is 0 Å². The molecule has 3 rings (SSSR count). The maximum Gasteiger partial charge on any atom is 0.137 e. The number of anilines is 2. The molecule has 1 aromatic rings. The van der Waals surface area contributed by atoms with Crippen molar-refractivity contribution in [2.45, 2.75) is 51.4 Å². The average molecular weight is 274 g/mol. The Kier molecular flexibility index (Phi) is 3.81. The number of hydrogen-bond donors (Lipinski definition) is 1. The molecule has 4 nitrogen and oxygen atoms in total. The highest BCUT2D eigenvalue weighted by Gasteiger charge is 2.29. The highest BCUT2D eigenvalue weighted by atomic mass is 15.2. The van der Waals surface area contributed by atoms with Gasteiger partial charge in [0.05, 0.1) is 0 Å². The van der Waals surface area contributed by atoms with Crippen LogP contribution in [0, 0.1) is 12.8 Å². The van der Waals surface area contributed by atoms with Crippen molar-refractivity contribution in [1.82, 2.24) is 9.97 Å². The summed E-state index contributed by atoms with van der Waals surface area (Å²) in [4.78, 5) is 11.9. The molecule has 1 aromatic heterocycles. The van der Waals surface area contributed by atoms with Gasteiger partial charge in [-0.15, -0.1) is 0 Å². The fourth-order valence-corrected chi connectivity index (χ4v) is 3.33. The second kappa shape index (κ2) is 5.58. The molecular weight excluding hydrogens is 248 g/mol. The Labute approximate surface area is 122 Å². The molecule has 0 radical (unpaired) electrons. The Morgan fingerprint density at radius 1 is 1.15 bits per heavy atom. The lowest BCUT2D eigenvalue weighted by molar-refractivity contribution is 0.544. The second-order valence-electron chi connectivity index (χ2n) is 6.43. The second-order valence-corrected chi connectivity index (χ2v) is 6.43. The Morgan fingerprint density at radius 3 is 2.45 bits per heavy atom. The average Bonchev–Trinajstić information content (AvgIpc) is 3.17. The van der Waals surface area contributed by atoms with E-state index in [1.54, 1.807) is 0 Å². The minimum absolute atomic E-state index is 0.598. The first-order valence-corrected chi connectivity index (χ1v) is 7.96. The first kappa shape index (κ1) is 13.7. The minimum Gasteiger partial charge on any atom is -0.373 e. The Bertz CT molecular complexity index is 476. The van der Waals surface area contributed by atoms with Crippen molar-refractivity contribution in [2.75, 3.05) is 30.9 Å². The van der Waals surface area contributed by atoms with Crippen LogP contribution in [0.4, 0.5) is 11.6 Å². The number of aromatic nitrogens is 2. The normalized spacial score (nSPS) is 19.4. The van der Waals surface area contributed by atoms with Crippen LogP contribution in [-0.2, 0) is 0 Å². The number of nitrogens with zero attached hydrogens (tertiary/aromatic N) is 3. The SMILES string of the molecule is CNc1nc(C2CC2)nc(N(C)CC2CCCC2)c1C. The van der Waals surface area contributed by atoms with Gasteiger partial charge in [-0.25, -0.2) is 9.97 Å². The van der Waals surface area contributed by atoms with Crippen LogP contribution in [0.2, 0.25) is 0 Å². The maximum atomic E-state index is 4.86. The van der Waals surface area contributed by atoms with Crippen molar-refractivity contribution < 1.29 is 0 Å². The van der Waals surface area contributed by atoms with Gasteiger partial charge in [-0.3, -0.25) is 0 Å². The molecule has 1 heterocycles. The van der Waals surface area contributed by atoms with E-state index in [0.29, 0.717) is 5.92 Å². The predicted octanol–water partition coefficient (Wildman–Crippen LogP) is 3.33. The van der Waals surface area contributed by atoms with Gasteiger partial charge in [0.1, 0.15) is 17.5 Å². The van der Waals surface area contributed by atoms with Crippen LogP contribution in [0.25, 0.3) is 0 Å². The van der Waals surface area contributed by atoms with E-state index >= 15 is 0 Å². The van der Waals surface area contributed by atoms with Gasteiger partial charge in [0.2, 0.25) is 0 Å². The molecule has 2 fully saturated rings. The van der Waals surface area contributed by atoms with Gasteiger partial charge in [-0.2, -0.15) is 0 Å². The number of hydrogen-bond acceptors (Lipinski definition) is 4. The molecule has 110 valence electrons. The zero-order chi connectivity index (χ0) is 14.1. The lowest BCUT2D eigenvalue weighted by Gasteiger charge is -2.25. The van der Waals surface area contributed by atoms with Gasteiger partial charge >= 0.3 is 0 Å². The highest BCUT2D eigenvalue weighted by molar-refractivity contribution is 5.58. The molecule has 0 bridgehead atoms. The van der Waals surface area contributed by atoms with Crippen molar-refractivity contribution >= 4 is 11.6 Å². The largest absolute Gasteiger partial charge is 0.373 e. The fourth-order valence-electron chi connectivity index (χ4n) is 3.33. The molecule has 0 aliphatic heterocycles. The molecule has 0 aromatic carbocycles. The summed E-state index contributed by atoms with van der Waals surface area (Å²) in [6.07, 6.45) is 8.05. The van der Waals surface area contributed by atoms with E-state index in [0.717, 1.165) is 29.9 Å². The molecule has 2 saturated carbocycles. The molecule has 0 amide bonds. The third-order valence-electron chi connectivity index (χ3n) is 4.69. The van der Waals surface area contributed by atoms with Crippen LogP contribution >= 0.6 is 0 Å². The fraction of sp³-hybridized carbons (Fsp3) is 0.750. The van der Waals surface area contributed by atoms with Crippen LogP contribution in [0.1, 0.15) is 55.8 Å². The van der Waals surface area contributed by atoms with Gasteiger partial charge in [0.15, 0.2) is 0 Å². The van der Waals surface area contributed by atoms with E-state index in [2.05, 4.69) is 29.2 Å². The Balaban J connectivity index is 1.83. The topological polar surface area (TPSA) is 41.1 Å². The first-order chi connectivity index (χ1) is 9.69. The molecule has 1 N–H and O–H groups in total. The predicted molar refractivity (Wildman–Crippen MR) is 83.5 cm³/mol. The van der Waals surface area contributed by atoms with Crippen LogP contribution in [-0.4, -0.2) is 30.6 Å². The molecule has 4 heteroatoms. The highest BCUT2D eigenvalue weighted by Crippen LogP contribution is 2.40. The summed E-state index contributed by atoms with van der Waals surface area (Å²) in [6, 6.07) is 0. The van der Waals surface area contributed by atoms with Crippen molar-refractivity contribution in [3.8, 4) is 0 Å². The van der Waals surface area contributed by atoms with Crippen molar-refractivity contribution in [2.24, 2.45) is 5.92 Å². The number of rotatable bonds is 5. The molecule has 0 saturated heterocycles. The van der Waals surface area contributed by atoms with Crippen molar-refractivity contribution in [3.63, 3.8) is 0 Å². The smallest absolute Gasteiger partial charge is 0.137 e. The molecule has 0 unspecified atom stereocenters. The molecular formula is C16H26N4. The summed E-state index contributed by atoms with van der Waals surface area (Å²) in [5, 5.41) is 3.23. The van der Waals surface area contributed by atoms with Gasteiger partial charge in [-0.05, 0) is 38.5 Å². The Morgan fingerprint density at radius 2 is 1.85 bits per heavy atom. The van der Waals surface area contributed by atoms with Gasteiger partial charge < -0.3 is 10.2 Å². The molecule has 0 spiro atoms. The monoisotopic (exact) mass is 274 g/mol. The summed E-state index contributed by atoms with van der Waals surface area (Å²) in [7, 11) is 4.14. The Hall–Kier alpha value is -1.32. The maximum absolute atomic E-state index is 4.86. The lowest BCUT2D eigenvalue weighted by atomic mass is 10.1. The molecule has 2 aliphatic carbocycles. The van der Waals surface area contributed by atoms with E-state index in [1.807, 2.05) is 7.05 Å². The summed E-state index contributed by atoms with van der Waals surface area (Å²) < 4.78 is 0. The van der Waals surface area contributed by atoms with Gasteiger partial charge in [0.25, 0.3) is 0 Å². The summed E-state index contributed by atoms with van der Waals surface area (Å²) in [6.45, 7) is 3.26. The molecule has 2 aliphatic rings. The number of nitrogens with one attached hydrogen (secondary N) is 1. The van der Waals surface area contributed by atoms with Crippen LogP contribution in [0.3, 0.4) is 0 Å². The molecule has 20 heavy (non-hydrogen) atoms. The summed E-state index contributed by atoms with van der Waals surface area (Å²) in [5.74, 6) is 4.60. The minimum atomic E-state index is 0.598. The van der Waals surface area contributed by atoms with E-state index in [1.165, 1.54) is 44.1 Å². The molecule has 0 atom stereocenters. The van der Waals surface area contributed by atoms with E-state index in [9.17, 15) is 0 Å². The zero-order valence-corrected chi connectivity index (χ0v) is 12.9. The van der Waals surface area contributed by atoms with Crippen molar-refractivity contribution in [3.05, 3.63) is 11.4 Å². The van der Waals surface area contributed by atoms with Gasteiger partial charge in [-0.1, -0.05) is 12.8 Å². The third kappa shape index (κ3) is 2.74. The van der Waals surface area contributed by atoms with Crippen LogP contribution < -0.4 is 10.2 Å². The quantitative estimate of drug-likeness (QED) is 0.894. The summed E-state index contributed by atoms with van der Waals surface area (Å²) >= 11 is 0. The lowest BCUT2D eigenvalue weighted by Crippen LogP contribution is -2.26. The van der Waals surface area contributed by atoms with Gasteiger partial charge in [0, 0.05) is 32.1 Å². The summed E-state index contributed by atoms with van der Waals surface area (Å²) in [5.41, 5.74) is 1.18. The van der Waals surface area contributed by atoms with Crippen LogP contribution in [0.15, 0.2) is 0 Å². The van der Waals surface area contributed by atoms with E-state index < -0.39 is 0 Å². The van der Waals surface area contributed by atoms with Crippen LogP contribution in [0.5, 0.6) is 0 Å².